The number of aromatic hydroxyl groups is 1. The van der Waals surface area contributed by atoms with E-state index in [0.29, 0.717) is 5.56 Å². The maximum atomic E-state index is 13.4. The van der Waals surface area contributed by atoms with Crippen molar-refractivity contribution in [3.63, 3.8) is 0 Å². The Morgan fingerprint density at radius 3 is 2.44 bits per heavy atom. The molecule has 0 bridgehead atoms. The SMILES string of the molecule is CC(NC(CO)CO)c1ccc(O)cc1F. The van der Waals surface area contributed by atoms with E-state index in [9.17, 15) is 4.39 Å². The van der Waals surface area contributed by atoms with Gasteiger partial charge in [-0.05, 0) is 13.0 Å². The third-order valence-corrected chi connectivity index (χ3v) is 2.38. The van der Waals surface area contributed by atoms with Gasteiger partial charge in [0.1, 0.15) is 11.6 Å². The van der Waals surface area contributed by atoms with E-state index in [1.807, 2.05) is 0 Å². The zero-order valence-electron chi connectivity index (χ0n) is 9.02. The monoisotopic (exact) mass is 229 g/mol. The smallest absolute Gasteiger partial charge is 0.131 e. The fourth-order valence-corrected chi connectivity index (χ4v) is 1.47. The third kappa shape index (κ3) is 3.16. The van der Waals surface area contributed by atoms with E-state index in [1.165, 1.54) is 12.1 Å². The molecule has 1 aromatic rings. The number of benzene rings is 1. The minimum absolute atomic E-state index is 0.130. The fraction of sp³-hybridized carbons (Fsp3) is 0.455. The van der Waals surface area contributed by atoms with Crippen molar-refractivity contribution >= 4 is 0 Å². The van der Waals surface area contributed by atoms with Gasteiger partial charge in [0.15, 0.2) is 0 Å². The second-order valence-electron chi connectivity index (χ2n) is 3.66. The molecule has 0 spiro atoms. The molecule has 5 heteroatoms. The quantitative estimate of drug-likeness (QED) is 0.594. The molecule has 0 amide bonds. The van der Waals surface area contributed by atoms with Gasteiger partial charge in [-0.2, -0.15) is 0 Å². The second kappa shape index (κ2) is 5.79. The summed E-state index contributed by atoms with van der Waals surface area (Å²) in [7, 11) is 0. The van der Waals surface area contributed by atoms with Crippen LogP contribution in [0.2, 0.25) is 0 Å². The summed E-state index contributed by atoms with van der Waals surface area (Å²) in [5, 5.41) is 29.7. The Labute approximate surface area is 93.4 Å². The average molecular weight is 229 g/mol. The van der Waals surface area contributed by atoms with Crippen LogP contribution in [0.25, 0.3) is 0 Å². The lowest BCUT2D eigenvalue weighted by Gasteiger charge is -2.20. The molecule has 0 radical (unpaired) electrons. The summed E-state index contributed by atoms with van der Waals surface area (Å²) >= 11 is 0. The summed E-state index contributed by atoms with van der Waals surface area (Å²) in [6, 6.07) is 3.05. The number of hydrogen-bond acceptors (Lipinski definition) is 4. The lowest BCUT2D eigenvalue weighted by Crippen LogP contribution is -2.37. The first kappa shape index (κ1) is 12.9. The Hall–Kier alpha value is -1.17. The van der Waals surface area contributed by atoms with E-state index in [-0.39, 0.29) is 25.0 Å². The van der Waals surface area contributed by atoms with Crippen LogP contribution in [0.3, 0.4) is 0 Å². The molecule has 0 aliphatic carbocycles. The van der Waals surface area contributed by atoms with Crippen LogP contribution in [-0.2, 0) is 0 Å². The minimum atomic E-state index is -0.519. The maximum Gasteiger partial charge on any atom is 0.131 e. The van der Waals surface area contributed by atoms with Crippen LogP contribution in [0, 0.1) is 5.82 Å². The topological polar surface area (TPSA) is 72.7 Å². The van der Waals surface area contributed by atoms with Crippen LogP contribution in [0.4, 0.5) is 4.39 Å². The highest BCUT2D eigenvalue weighted by Gasteiger charge is 2.15. The molecule has 0 aliphatic rings. The van der Waals surface area contributed by atoms with Gasteiger partial charge in [0.05, 0.1) is 19.3 Å². The standard InChI is InChI=1S/C11H16FNO3/c1-7(13-8(5-14)6-15)10-3-2-9(16)4-11(10)12/h2-4,7-8,13-16H,5-6H2,1H3. The zero-order valence-corrected chi connectivity index (χ0v) is 9.02. The van der Waals surface area contributed by atoms with Gasteiger partial charge in [-0.3, -0.25) is 0 Å². The van der Waals surface area contributed by atoms with Gasteiger partial charge >= 0.3 is 0 Å². The second-order valence-corrected chi connectivity index (χ2v) is 3.66. The molecule has 16 heavy (non-hydrogen) atoms. The summed E-state index contributed by atoms with van der Waals surface area (Å²) in [4.78, 5) is 0. The molecular formula is C11H16FNO3. The third-order valence-electron chi connectivity index (χ3n) is 2.38. The number of halogens is 1. The van der Waals surface area contributed by atoms with Gasteiger partial charge < -0.3 is 20.6 Å². The van der Waals surface area contributed by atoms with Gasteiger partial charge in [-0.25, -0.2) is 4.39 Å². The van der Waals surface area contributed by atoms with E-state index in [4.69, 9.17) is 15.3 Å². The highest BCUT2D eigenvalue weighted by Crippen LogP contribution is 2.21. The van der Waals surface area contributed by atoms with Crippen LogP contribution < -0.4 is 5.32 Å². The predicted molar refractivity (Wildman–Crippen MR) is 57.6 cm³/mol. The molecule has 0 aliphatic heterocycles. The Kier molecular flexibility index (Phi) is 4.67. The summed E-state index contributed by atoms with van der Waals surface area (Å²) in [6.07, 6.45) is 0. The van der Waals surface area contributed by atoms with Crippen molar-refractivity contribution in [2.75, 3.05) is 13.2 Å². The molecule has 0 saturated heterocycles. The summed E-state index contributed by atoms with van der Waals surface area (Å²) in [6.45, 7) is 1.27. The van der Waals surface area contributed by atoms with Crippen molar-refractivity contribution in [2.45, 2.75) is 19.0 Å². The molecule has 1 atom stereocenters. The number of aliphatic hydroxyl groups excluding tert-OH is 2. The normalized spacial score (nSPS) is 13.1. The molecule has 4 N–H and O–H groups in total. The summed E-state index contributed by atoms with van der Waals surface area (Å²) in [5.41, 5.74) is 0.379. The Bertz CT molecular complexity index is 342. The number of nitrogens with one attached hydrogen (secondary N) is 1. The molecule has 0 aromatic heterocycles. The van der Waals surface area contributed by atoms with E-state index in [1.54, 1.807) is 6.92 Å². The van der Waals surface area contributed by atoms with E-state index in [0.717, 1.165) is 6.07 Å². The largest absolute Gasteiger partial charge is 0.508 e. The van der Waals surface area contributed by atoms with Gasteiger partial charge in [-0.15, -0.1) is 0 Å². The minimum Gasteiger partial charge on any atom is -0.508 e. The van der Waals surface area contributed by atoms with Crippen molar-refractivity contribution in [3.05, 3.63) is 29.6 Å². The molecule has 90 valence electrons. The first-order chi connectivity index (χ1) is 7.58. The Morgan fingerprint density at radius 2 is 1.94 bits per heavy atom. The van der Waals surface area contributed by atoms with Crippen molar-refractivity contribution in [2.24, 2.45) is 0 Å². The number of rotatable bonds is 5. The lowest BCUT2D eigenvalue weighted by molar-refractivity contribution is 0.163. The van der Waals surface area contributed by atoms with Crippen LogP contribution in [0.1, 0.15) is 18.5 Å². The molecule has 0 fully saturated rings. The number of phenolic OH excluding ortho intramolecular Hbond substituents is 1. The molecule has 1 unspecified atom stereocenters. The lowest BCUT2D eigenvalue weighted by atomic mass is 10.1. The van der Waals surface area contributed by atoms with Gasteiger partial charge in [0, 0.05) is 17.7 Å². The van der Waals surface area contributed by atoms with Crippen LogP contribution in [-0.4, -0.2) is 34.6 Å². The van der Waals surface area contributed by atoms with Crippen LogP contribution in [0.5, 0.6) is 5.75 Å². The van der Waals surface area contributed by atoms with E-state index in [2.05, 4.69) is 5.32 Å². The van der Waals surface area contributed by atoms with Gasteiger partial charge in [0.25, 0.3) is 0 Å². The van der Waals surface area contributed by atoms with Crippen molar-refractivity contribution in [3.8, 4) is 5.75 Å². The van der Waals surface area contributed by atoms with E-state index >= 15 is 0 Å². The maximum absolute atomic E-state index is 13.4. The van der Waals surface area contributed by atoms with Gasteiger partial charge in [0.2, 0.25) is 0 Å². The van der Waals surface area contributed by atoms with Crippen molar-refractivity contribution in [1.29, 1.82) is 0 Å². The molecular weight excluding hydrogens is 213 g/mol. The van der Waals surface area contributed by atoms with Crippen molar-refractivity contribution in [1.82, 2.24) is 5.32 Å². The van der Waals surface area contributed by atoms with Gasteiger partial charge in [-0.1, -0.05) is 6.07 Å². The first-order valence-electron chi connectivity index (χ1n) is 5.04. The number of phenols is 1. The molecule has 1 rings (SSSR count). The highest BCUT2D eigenvalue weighted by molar-refractivity contribution is 5.29. The highest BCUT2D eigenvalue weighted by atomic mass is 19.1. The Balaban J connectivity index is 2.76. The number of aliphatic hydroxyl groups is 2. The molecule has 4 nitrogen and oxygen atoms in total. The molecule has 0 saturated carbocycles. The van der Waals surface area contributed by atoms with E-state index < -0.39 is 11.9 Å². The summed E-state index contributed by atoms with van der Waals surface area (Å²) in [5.74, 6) is -0.649. The first-order valence-corrected chi connectivity index (χ1v) is 5.04. The zero-order chi connectivity index (χ0) is 12.1. The average Bonchev–Trinajstić information content (AvgIpc) is 2.25. The summed E-state index contributed by atoms with van der Waals surface area (Å²) < 4.78 is 13.4. The van der Waals surface area contributed by atoms with Crippen molar-refractivity contribution < 1.29 is 19.7 Å². The molecule has 1 aromatic carbocycles. The molecule has 0 heterocycles. The fourth-order valence-electron chi connectivity index (χ4n) is 1.47. The predicted octanol–water partition coefficient (Wildman–Crippen LogP) is 0.535. The number of hydrogen-bond donors (Lipinski definition) is 4. The van der Waals surface area contributed by atoms with Crippen LogP contribution in [0.15, 0.2) is 18.2 Å². The Morgan fingerprint density at radius 1 is 1.31 bits per heavy atom. The van der Waals surface area contributed by atoms with Crippen LogP contribution >= 0.6 is 0 Å².